The number of hydrogen-bond acceptors (Lipinski definition) is 27. The smallest absolute Gasteiger partial charge is 0.188 e. The molecule has 20 aromatic rings. The topological polar surface area (TPSA) is 325 Å². The third kappa shape index (κ3) is 22.7. The Hall–Kier alpha value is -15.1. The minimum Gasteiger partial charge on any atom is -0.495 e. The number of benzene rings is 4. The molecule has 0 spiro atoms. The summed E-state index contributed by atoms with van der Waals surface area (Å²) in [4.78, 5) is 49.4. The number of nitrogens with one attached hydrogen (secondary N) is 5. The van der Waals surface area contributed by atoms with Crippen LogP contribution in [0.15, 0.2) is 199 Å². The Morgan fingerprint density at radius 2 is 0.671 bits per heavy atom. The lowest BCUT2D eigenvalue weighted by molar-refractivity contribution is 0.413. The van der Waals surface area contributed by atoms with Crippen molar-refractivity contribution in [3.8, 4) is 90.6 Å². The third-order valence-corrected chi connectivity index (χ3v) is 29.2. The summed E-state index contributed by atoms with van der Waals surface area (Å²) < 4.78 is 54.0. The maximum atomic E-state index is 14.7. The monoisotopic (exact) mass is 2050 g/mol. The van der Waals surface area contributed by atoms with E-state index in [4.69, 9.17) is 24.8 Å². The Morgan fingerprint density at radius 3 is 1.01 bits per heavy atom. The molecule has 0 radical (unpaired) electrons. The van der Waals surface area contributed by atoms with Crippen LogP contribution in [0.2, 0.25) is 0 Å². The van der Waals surface area contributed by atoms with Crippen molar-refractivity contribution in [2.75, 3.05) is 33.7 Å². The fraction of sp³-hybridized carbons (Fsp3) is 0.308. The van der Waals surface area contributed by atoms with E-state index in [-0.39, 0.29) is 22.5 Å². The SMILES string of the molecule is CCn1nc(C(C)(C)C)cc1Nc1nc(-c2ccc(-n3cnc(C)c3)c(F)c2)cs1.CCn1nc(C(C)(C)C)cc1Nc1nc(-c2ccc(-n3cnc(C)c3)cc2)cs1.COc1cc(-c2csc(Nc3c4c(nn3C)CCCC4)n2)ccc1-n1cnc(C)c1.Cc1cn(-c2ccc(-c3csc(Nc4c5c(nn4C)CCCC5)n3)cc2F)cn1.Cc1cn(-c2ccc(-c3csc(Nc4c5c(nn4C)CCCC5)n3)cn2)cn1. The molecule has 0 atom stereocenters. The quantitative estimate of drug-likeness (QED) is 0.0397. The summed E-state index contributed by atoms with van der Waals surface area (Å²) in [5.74, 6) is 6.04. The molecule has 750 valence electrons. The summed E-state index contributed by atoms with van der Waals surface area (Å²) in [6, 6.07) is 33.0. The zero-order chi connectivity index (χ0) is 102. The van der Waals surface area contributed by atoms with Gasteiger partial charge in [-0.1, -0.05) is 71.9 Å². The second-order valence-electron chi connectivity index (χ2n) is 38.4. The molecule has 0 bridgehead atoms. The van der Waals surface area contributed by atoms with E-state index >= 15 is 0 Å². The molecule has 16 aromatic heterocycles. The van der Waals surface area contributed by atoms with E-state index in [1.54, 1.807) is 100 Å². The minimum absolute atomic E-state index is 0.0143. The maximum absolute atomic E-state index is 14.7. The lowest BCUT2D eigenvalue weighted by Gasteiger charge is -2.13. The van der Waals surface area contributed by atoms with Gasteiger partial charge < -0.3 is 49.6 Å². The van der Waals surface area contributed by atoms with E-state index in [1.165, 1.54) is 107 Å². The van der Waals surface area contributed by atoms with Gasteiger partial charge in [0.15, 0.2) is 25.7 Å². The highest BCUT2D eigenvalue weighted by Crippen LogP contribution is 2.41. The van der Waals surface area contributed by atoms with Crippen molar-refractivity contribution < 1.29 is 13.5 Å². The van der Waals surface area contributed by atoms with Gasteiger partial charge in [0, 0.05) is 171 Å². The number of ether oxygens (including phenoxy) is 1. The van der Waals surface area contributed by atoms with E-state index in [0.29, 0.717) is 11.4 Å². The molecule has 5 N–H and O–H groups in total. The number of thiazole rings is 5. The first-order valence-corrected chi connectivity index (χ1v) is 53.2. The largest absolute Gasteiger partial charge is 0.495 e. The maximum Gasteiger partial charge on any atom is 0.188 e. The van der Waals surface area contributed by atoms with Crippen molar-refractivity contribution in [2.45, 2.75) is 191 Å². The van der Waals surface area contributed by atoms with Crippen molar-refractivity contribution in [1.29, 1.82) is 0 Å². The van der Waals surface area contributed by atoms with Crippen LogP contribution in [0.3, 0.4) is 0 Å². The molecule has 0 saturated heterocycles. The van der Waals surface area contributed by atoms with E-state index in [1.807, 2.05) is 171 Å². The Bertz CT molecular complexity index is 7950. The molecule has 16 heterocycles. The van der Waals surface area contributed by atoms with Crippen molar-refractivity contribution in [3.63, 3.8) is 0 Å². The van der Waals surface area contributed by atoms with Gasteiger partial charge in [-0.25, -0.2) is 73.0 Å². The predicted molar refractivity (Wildman–Crippen MR) is 580 cm³/mol. The molecule has 3 aliphatic rings. The number of hydrogen-bond donors (Lipinski definition) is 5. The molecule has 0 amide bonds. The van der Waals surface area contributed by atoms with E-state index < -0.39 is 0 Å². The van der Waals surface area contributed by atoms with Crippen LogP contribution in [0.4, 0.5) is 63.5 Å². The van der Waals surface area contributed by atoms with Crippen LogP contribution in [0.5, 0.6) is 5.75 Å². The average molecular weight is 2050 g/mol. The summed E-state index contributed by atoms with van der Waals surface area (Å²) >= 11 is 7.79. The fourth-order valence-electron chi connectivity index (χ4n) is 17.7. The first kappa shape index (κ1) is 99.7. The van der Waals surface area contributed by atoms with Crippen LogP contribution in [-0.4, -0.2) is 134 Å². The molecule has 32 nitrogen and oxygen atoms in total. The van der Waals surface area contributed by atoms with Crippen LogP contribution in [-0.2, 0) is 83.6 Å². The number of rotatable bonds is 23. The standard InChI is InChI=1S/C22H25FN6S.C22H24N6OS.C22H26N6S.C21H21FN6S.C20H21N7S/c1-6-29-20(10-19(27-29)22(3,4)5)26-21-25-17(12-30-21)15-7-8-18(16(23)9-15)28-11-14(2)24-13-28;1-14-11-28(13-23-14)19-9-8-15(10-20(19)29-3)18-12-30-22(24-18)25-21-16-6-4-5-7-17(16)26-27(21)2;1-6-28-20(11-19(26-28)22(3,4)5)25-21-24-18(13-29-21)16-7-9-17(10-8-16)27-12-15(2)23-14-27;1-13-10-28(12-23-13)19-8-7-14(9-16(19)22)18-11-29-21(24-18)25-20-15-5-3-4-6-17(15)26-27(20)2;1-13-10-27(12-22-13)18-8-7-14(9-21-18)17-11-28-20(23-17)24-19-15-5-3-4-6-16(15)25-26(19)2/h7-13H,6H2,1-5H3,(H,25,26);8-13H,4-7H2,1-3H3,(H,24,25);7-14H,6H2,1-5H3,(H,24,25);7-12H,3-6H2,1-2H3,(H,24,25);7-12H,3-6H2,1-2H3,(H,23,24). The third-order valence-electron chi connectivity index (χ3n) is 25.4. The van der Waals surface area contributed by atoms with E-state index in [9.17, 15) is 8.78 Å². The highest BCUT2D eigenvalue weighted by Gasteiger charge is 2.28. The van der Waals surface area contributed by atoms with Gasteiger partial charge in [-0.3, -0.25) is 18.6 Å². The number of aromatic nitrogens is 26. The van der Waals surface area contributed by atoms with Crippen LogP contribution in [0.1, 0.15) is 168 Å². The lowest BCUT2D eigenvalue weighted by Crippen LogP contribution is -2.12. The number of imidazole rings is 5. The van der Waals surface area contributed by atoms with Gasteiger partial charge in [0.25, 0.3) is 0 Å². The molecular formula is C107H117F2N31OS5. The number of fused-ring (bicyclic) bond motifs is 3. The van der Waals surface area contributed by atoms with Crippen molar-refractivity contribution in [1.82, 2.24) is 127 Å². The average Bonchev–Trinajstić information content (AvgIpc) is 1.66. The molecular weight excluding hydrogens is 1930 g/mol. The first-order valence-electron chi connectivity index (χ1n) is 48.8. The summed E-state index contributed by atoms with van der Waals surface area (Å²) in [6.45, 7) is 28.4. The van der Waals surface area contributed by atoms with Crippen molar-refractivity contribution in [3.05, 3.63) is 284 Å². The number of methoxy groups -OCH3 is 1. The summed E-state index contributed by atoms with van der Waals surface area (Å²) in [7, 11) is 7.64. The van der Waals surface area contributed by atoms with Gasteiger partial charge in [-0.05, 0) is 186 Å². The molecule has 4 aromatic carbocycles. The molecule has 3 aliphatic carbocycles. The zero-order valence-electron chi connectivity index (χ0n) is 84.8. The summed E-state index contributed by atoms with van der Waals surface area (Å²) in [5, 5.41) is 54.8. The first-order chi connectivity index (χ1) is 70.4. The Balaban J connectivity index is 0.000000115. The fourth-order valence-corrected chi connectivity index (χ4v) is 21.3. The van der Waals surface area contributed by atoms with E-state index in [0.717, 1.165) is 225 Å². The molecule has 0 aliphatic heterocycles. The van der Waals surface area contributed by atoms with Crippen LogP contribution < -0.4 is 31.3 Å². The van der Waals surface area contributed by atoms with Crippen LogP contribution in [0.25, 0.3) is 84.9 Å². The molecule has 146 heavy (non-hydrogen) atoms. The second kappa shape index (κ2) is 43.1. The highest BCUT2D eigenvalue weighted by molar-refractivity contribution is 7.15. The lowest BCUT2D eigenvalue weighted by atomic mass is 9.92. The zero-order valence-corrected chi connectivity index (χ0v) is 88.9. The molecule has 0 unspecified atom stereocenters. The summed E-state index contributed by atoms with van der Waals surface area (Å²) in [5.41, 5.74) is 26.2. The van der Waals surface area contributed by atoms with Crippen molar-refractivity contribution >= 4 is 111 Å². The molecule has 23 rings (SSSR count). The van der Waals surface area contributed by atoms with Gasteiger partial charge in [0.2, 0.25) is 0 Å². The summed E-state index contributed by atoms with van der Waals surface area (Å²) in [6.07, 6.45) is 33.7. The Labute approximate surface area is 866 Å². The number of halogens is 2. The predicted octanol–water partition coefficient (Wildman–Crippen LogP) is 24.8. The Kier molecular flexibility index (Phi) is 29.4. The van der Waals surface area contributed by atoms with Gasteiger partial charge in [-0.15, -0.1) is 56.7 Å². The number of aryl methyl sites for hydroxylation is 13. The van der Waals surface area contributed by atoms with Gasteiger partial charge in [0.05, 0.1) is 135 Å². The minimum atomic E-state index is -0.314. The molecule has 0 fully saturated rings. The van der Waals surface area contributed by atoms with E-state index in [2.05, 4.69) is 201 Å². The Morgan fingerprint density at radius 1 is 0.349 bits per heavy atom. The number of anilines is 10. The normalized spacial score (nSPS) is 12.8. The molecule has 0 saturated carbocycles. The van der Waals surface area contributed by atoms with Gasteiger partial charge in [0.1, 0.15) is 58.6 Å². The van der Waals surface area contributed by atoms with Crippen LogP contribution >= 0.6 is 56.7 Å². The highest BCUT2D eigenvalue weighted by atomic mass is 32.1. The molecule has 39 heteroatoms. The number of pyridine rings is 1. The van der Waals surface area contributed by atoms with Gasteiger partial charge in [-0.2, -0.15) is 25.5 Å². The number of nitrogens with zero attached hydrogens (tertiary/aromatic N) is 26. The van der Waals surface area contributed by atoms with Crippen molar-refractivity contribution in [2.24, 2.45) is 21.1 Å². The van der Waals surface area contributed by atoms with Crippen LogP contribution in [0, 0.1) is 46.3 Å². The second-order valence-corrected chi connectivity index (χ2v) is 42.7. The van der Waals surface area contributed by atoms with Gasteiger partial charge >= 0.3 is 0 Å².